The lowest BCUT2D eigenvalue weighted by Gasteiger charge is -2.48. The highest BCUT2D eigenvalue weighted by Gasteiger charge is 2.38. The number of ether oxygens (including phenoxy) is 2. The van der Waals surface area contributed by atoms with Crippen LogP contribution in [0.2, 0.25) is 0 Å². The van der Waals surface area contributed by atoms with Crippen molar-refractivity contribution in [3.63, 3.8) is 0 Å². The van der Waals surface area contributed by atoms with Crippen molar-refractivity contribution in [3.8, 4) is 5.75 Å². The van der Waals surface area contributed by atoms with Crippen LogP contribution in [-0.4, -0.2) is 61.3 Å². The molecule has 1 saturated heterocycles. The molecule has 2 heterocycles. The lowest BCUT2D eigenvalue weighted by Crippen LogP contribution is -2.59. The number of aromatic amines is 1. The van der Waals surface area contributed by atoms with Crippen LogP contribution in [0.4, 0.5) is 0 Å². The minimum absolute atomic E-state index is 0.0741. The van der Waals surface area contributed by atoms with Crippen molar-refractivity contribution in [1.29, 1.82) is 0 Å². The fraction of sp³-hybridized carbons (Fsp3) is 0.591. The van der Waals surface area contributed by atoms with E-state index in [4.69, 9.17) is 9.47 Å². The van der Waals surface area contributed by atoms with Crippen LogP contribution in [0.15, 0.2) is 24.4 Å². The minimum Gasteiger partial charge on any atom is -0.496 e. The molecule has 1 aliphatic carbocycles. The summed E-state index contributed by atoms with van der Waals surface area (Å²) in [5.41, 5.74) is 2.07. The first-order valence-corrected chi connectivity index (χ1v) is 10.4. The molecule has 1 saturated carbocycles. The van der Waals surface area contributed by atoms with Gasteiger partial charge in [0.15, 0.2) is 0 Å². The van der Waals surface area contributed by atoms with Crippen LogP contribution in [0, 0.1) is 0 Å². The summed E-state index contributed by atoms with van der Waals surface area (Å²) < 4.78 is 11.0. The summed E-state index contributed by atoms with van der Waals surface area (Å²) in [6.45, 7) is 4.26. The second-order valence-corrected chi connectivity index (χ2v) is 8.03. The van der Waals surface area contributed by atoms with Gasteiger partial charge in [-0.15, -0.1) is 0 Å². The standard InChI is InChI=1S/C22H31N3O3/c1-27-19-7-5-6-18-21(19)17(15-23-18)14-20(26)24-16-22(8-3-2-4-9-22)25-10-12-28-13-11-25/h5-7,15,23H,2-4,8-14,16H2,1H3,(H,24,26). The molecular formula is C22H31N3O3. The van der Waals surface area contributed by atoms with E-state index in [1.54, 1.807) is 7.11 Å². The Morgan fingerprint density at radius 1 is 1.25 bits per heavy atom. The monoisotopic (exact) mass is 385 g/mol. The molecule has 1 aromatic heterocycles. The molecule has 2 fully saturated rings. The quantitative estimate of drug-likeness (QED) is 0.802. The van der Waals surface area contributed by atoms with Gasteiger partial charge in [0.1, 0.15) is 5.75 Å². The van der Waals surface area contributed by atoms with E-state index in [1.165, 1.54) is 19.3 Å². The average molecular weight is 386 g/mol. The average Bonchev–Trinajstić information content (AvgIpc) is 3.16. The highest BCUT2D eigenvalue weighted by Crippen LogP contribution is 2.34. The molecule has 2 aliphatic rings. The van der Waals surface area contributed by atoms with Crippen LogP contribution in [0.25, 0.3) is 10.9 Å². The number of fused-ring (bicyclic) bond motifs is 1. The van der Waals surface area contributed by atoms with Crippen molar-refractivity contribution in [2.45, 2.75) is 44.1 Å². The molecule has 1 aromatic carbocycles. The number of amides is 1. The first-order chi connectivity index (χ1) is 13.7. The molecular weight excluding hydrogens is 354 g/mol. The molecule has 2 aromatic rings. The number of methoxy groups -OCH3 is 1. The molecule has 0 unspecified atom stereocenters. The van der Waals surface area contributed by atoms with Gasteiger partial charge in [0.2, 0.25) is 5.91 Å². The van der Waals surface area contributed by atoms with E-state index in [-0.39, 0.29) is 11.4 Å². The van der Waals surface area contributed by atoms with E-state index in [2.05, 4.69) is 15.2 Å². The Bertz CT molecular complexity index is 804. The lowest BCUT2D eigenvalue weighted by atomic mass is 9.79. The maximum atomic E-state index is 12.8. The molecule has 28 heavy (non-hydrogen) atoms. The normalized spacial score (nSPS) is 20.2. The summed E-state index contributed by atoms with van der Waals surface area (Å²) in [7, 11) is 1.67. The maximum Gasteiger partial charge on any atom is 0.224 e. The van der Waals surface area contributed by atoms with Crippen molar-refractivity contribution < 1.29 is 14.3 Å². The van der Waals surface area contributed by atoms with Crippen LogP contribution >= 0.6 is 0 Å². The summed E-state index contributed by atoms with van der Waals surface area (Å²) in [4.78, 5) is 18.6. The van der Waals surface area contributed by atoms with Gasteiger partial charge in [-0.25, -0.2) is 0 Å². The summed E-state index contributed by atoms with van der Waals surface area (Å²) in [5, 5.41) is 4.26. The third-order valence-corrected chi connectivity index (χ3v) is 6.40. The molecule has 0 spiro atoms. The van der Waals surface area contributed by atoms with E-state index in [1.807, 2.05) is 24.4 Å². The highest BCUT2D eigenvalue weighted by atomic mass is 16.5. The van der Waals surface area contributed by atoms with Crippen LogP contribution in [-0.2, 0) is 16.0 Å². The Morgan fingerprint density at radius 2 is 2.04 bits per heavy atom. The van der Waals surface area contributed by atoms with E-state index in [0.29, 0.717) is 6.42 Å². The van der Waals surface area contributed by atoms with Crippen LogP contribution < -0.4 is 10.1 Å². The first kappa shape index (κ1) is 19.3. The van der Waals surface area contributed by atoms with Crippen molar-refractivity contribution in [2.75, 3.05) is 40.0 Å². The third kappa shape index (κ3) is 3.89. The second kappa shape index (κ2) is 8.53. The van der Waals surface area contributed by atoms with Crippen molar-refractivity contribution in [2.24, 2.45) is 0 Å². The number of H-pyrrole nitrogens is 1. The number of carbonyl (C=O) groups excluding carboxylic acids is 1. The predicted molar refractivity (Wildman–Crippen MR) is 110 cm³/mol. The Balaban J connectivity index is 1.44. The van der Waals surface area contributed by atoms with Gasteiger partial charge in [0, 0.05) is 42.3 Å². The zero-order chi connectivity index (χ0) is 19.4. The number of aromatic nitrogens is 1. The SMILES string of the molecule is COc1cccc2[nH]cc(CC(=O)NCC3(N4CCOCC4)CCCCC3)c12. The Morgan fingerprint density at radius 3 is 2.79 bits per heavy atom. The highest BCUT2D eigenvalue weighted by molar-refractivity contribution is 5.93. The van der Waals surface area contributed by atoms with E-state index < -0.39 is 0 Å². The van der Waals surface area contributed by atoms with E-state index in [9.17, 15) is 4.79 Å². The summed E-state index contributed by atoms with van der Waals surface area (Å²) in [6.07, 6.45) is 8.39. The number of nitrogens with one attached hydrogen (secondary N) is 2. The Hall–Kier alpha value is -2.05. The van der Waals surface area contributed by atoms with Gasteiger partial charge in [-0.2, -0.15) is 0 Å². The number of morpholine rings is 1. The molecule has 152 valence electrons. The topological polar surface area (TPSA) is 66.6 Å². The molecule has 6 heteroatoms. The van der Waals surface area contributed by atoms with Gasteiger partial charge in [-0.1, -0.05) is 25.3 Å². The van der Waals surface area contributed by atoms with Crippen molar-refractivity contribution >= 4 is 16.8 Å². The van der Waals surface area contributed by atoms with Crippen LogP contribution in [0.1, 0.15) is 37.7 Å². The van der Waals surface area contributed by atoms with Gasteiger partial charge in [-0.05, 0) is 30.5 Å². The fourth-order valence-corrected chi connectivity index (χ4v) is 4.88. The molecule has 1 amide bonds. The molecule has 0 radical (unpaired) electrons. The first-order valence-electron chi connectivity index (χ1n) is 10.4. The number of rotatable bonds is 6. The van der Waals surface area contributed by atoms with Crippen molar-refractivity contribution in [3.05, 3.63) is 30.0 Å². The largest absolute Gasteiger partial charge is 0.496 e. The number of carbonyl (C=O) groups is 1. The molecule has 4 rings (SSSR count). The molecule has 6 nitrogen and oxygen atoms in total. The van der Waals surface area contributed by atoms with E-state index >= 15 is 0 Å². The molecule has 0 atom stereocenters. The molecule has 1 aliphatic heterocycles. The zero-order valence-corrected chi connectivity index (χ0v) is 16.8. The number of hydrogen-bond donors (Lipinski definition) is 2. The van der Waals surface area contributed by atoms with Crippen molar-refractivity contribution in [1.82, 2.24) is 15.2 Å². The smallest absolute Gasteiger partial charge is 0.224 e. The van der Waals surface area contributed by atoms with Gasteiger partial charge >= 0.3 is 0 Å². The molecule has 0 bridgehead atoms. The number of nitrogens with zero attached hydrogens (tertiary/aromatic N) is 1. The summed E-state index contributed by atoms with van der Waals surface area (Å²) >= 11 is 0. The van der Waals surface area contributed by atoms with Gasteiger partial charge < -0.3 is 19.8 Å². The van der Waals surface area contributed by atoms with Crippen LogP contribution in [0.5, 0.6) is 5.75 Å². The minimum atomic E-state index is 0.0741. The number of benzene rings is 1. The fourth-order valence-electron chi connectivity index (χ4n) is 4.88. The summed E-state index contributed by atoms with van der Waals surface area (Å²) in [5.74, 6) is 0.878. The van der Waals surface area contributed by atoms with Gasteiger partial charge in [-0.3, -0.25) is 9.69 Å². The lowest BCUT2D eigenvalue weighted by molar-refractivity contribution is -0.121. The zero-order valence-electron chi connectivity index (χ0n) is 16.8. The molecule has 2 N–H and O–H groups in total. The Kier molecular flexibility index (Phi) is 5.87. The Labute approximate surface area is 166 Å². The predicted octanol–water partition coefficient (Wildman–Crippen LogP) is 2.87. The van der Waals surface area contributed by atoms with Gasteiger partial charge in [0.25, 0.3) is 0 Å². The van der Waals surface area contributed by atoms with Crippen LogP contribution in [0.3, 0.4) is 0 Å². The third-order valence-electron chi connectivity index (χ3n) is 6.40. The van der Waals surface area contributed by atoms with E-state index in [0.717, 1.165) is 67.9 Å². The van der Waals surface area contributed by atoms with Gasteiger partial charge in [0.05, 0.1) is 26.7 Å². The summed E-state index contributed by atoms with van der Waals surface area (Å²) in [6, 6.07) is 5.90. The maximum absolute atomic E-state index is 12.8. The second-order valence-electron chi connectivity index (χ2n) is 8.03. The number of hydrogen-bond acceptors (Lipinski definition) is 4.